The van der Waals surface area contributed by atoms with Crippen LogP contribution in [0.3, 0.4) is 0 Å². The second kappa shape index (κ2) is 8.50. The lowest BCUT2D eigenvalue weighted by Gasteiger charge is -2.06. The molecule has 2 N–H and O–H groups in total. The zero-order valence-electron chi connectivity index (χ0n) is 10.6. The summed E-state index contributed by atoms with van der Waals surface area (Å²) in [7, 11) is 0. The maximum atomic E-state index is 11.3. The van der Waals surface area contributed by atoms with Crippen LogP contribution in [0.2, 0.25) is 0 Å². The fourth-order valence-electron chi connectivity index (χ4n) is 1.05. The molecule has 0 saturated heterocycles. The molecule has 0 aromatic heterocycles. The SMILES string of the molecule is C/C=C(/C)CC(=O)NCCNC(=O)C(=O)CC. The third kappa shape index (κ3) is 7.27. The predicted molar refractivity (Wildman–Crippen MR) is 65.4 cm³/mol. The van der Waals surface area contributed by atoms with Gasteiger partial charge in [-0.1, -0.05) is 18.6 Å². The molecule has 96 valence electrons. The largest absolute Gasteiger partial charge is 0.354 e. The zero-order valence-corrected chi connectivity index (χ0v) is 10.6. The first-order valence-corrected chi connectivity index (χ1v) is 5.70. The van der Waals surface area contributed by atoms with Gasteiger partial charge in [0.05, 0.1) is 0 Å². The molecule has 5 heteroatoms. The number of ketones is 1. The van der Waals surface area contributed by atoms with E-state index in [2.05, 4.69) is 10.6 Å². The molecule has 0 aromatic carbocycles. The lowest BCUT2D eigenvalue weighted by molar-refractivity contribution is -0.137. The molecule has 0 aromatic rings. The number of nitrogens with one attached hydrogen (secondary N) is 2. The van der Waals surface area contributed by atoms with E-state index in [0.29, 0.717) is 13.0 Å². The van der Waals surface area contributed by atoms with E-state index in [1.54, 1.807) is 6.92 Å². The summed E-state index contributed by atoms with van der Waals surface area (Å²) in [5, 5.41) is 5.09. The van der Waals surface area contributed by atoms with Crippen molar-refractivity contribution in [2.45, 2.75) is 33.6 Å². The Balaban J connectivity index is 3.68. The maximum Gasteiger partial charge on any atom is 0.287 e. The molecule has 0 fully saturated rings. The van der Waals surface area contributed by atoms with Gasteiger partial charge in [-0.25, -0.2) is 0 Å². The Morgan fingerprint density at radius 1 is 1.12 bits per heavy atom. The number of allylic oxidation sites excluding steroid dienone is 1. The van der Waals surface area contributed by atoms with Gasteiger partial charge >= 0.3 is 0 Å². The smallest absolute Gasteiger partial charge is 0.287 e. The highest BCUT2D eigenvalue weighted by atomic mass is 16.2. The van der Waals surface area contributed by atoms with Crippen molar-refractivity contribution in [1.29, 1.82) is 0 Å². The monoisotopic (exact) mass is 240 g/mol. The van der Waals surface area contributed by atoms with Gasteiger partial charge in [0, 0.05) is 25.9 Å². The number of amides is 2. The van der Waals surface area contributed by atoms with Gasteiger partial charge in [-0.2, -0.15) is 0 Å². The van der Waals surface area contributed by atoms with Crippen molar-refractivity contribution in [1.82, 2.24) is 10.6 Å². The summed E-state index contributed by atoms with van der Waals surface area (Å²) < 4.78 is 0. The van der Waals surface area contributed by atoms with Gasteiger partial charge in [-0.15, -0.1) is 0 Å². The molecule has 0 aliphatic carbocycles. The van der Waals surface area contributed by atoms with E-state index in [1.165, 1.54) is 0 Å². The van der Waals surface area contributed by atoms with E-state index in [9.17, 15) is 14.4 Å². The Morgan fingerprint density at radius 2 is 1.71 bits per heavy atom. The van der Waals surface area contributed by atoms with Crippen LogP contribution in [0.25, 0.3) is 0 Å². The quantitative estimate of drug-likeness (QED) is 0.388. The van der Waals surface area contributed by atoms with Crippen LogP contribution >= 0.6 is 0 Å². The van der Waals surface area contributed by atoms with Crippen molar-refractivity contribution in [2.24, 2.45) is 0 Å². The Labute approximate surface area is 102 Å². The maximum absolute atomic E-state index is 11.3. The van der Waals surface area contributed by atoms with Crippen molar-refractivity contribution in [2.75, 3.05) is 13.1 Å². The van der Waals surface area contributed by atoms with Gasteiger partial charge in [0.15, 0.2) is 0 Å². The first kappa shape index (κ1) is 15.3. The van der Waals surface area contributed by atoms with E-state index >= 15 is 0 Å². The Morgan fingerprint density at radius 3 is 2.24 bits per heavy atom. The fourth-order valence-corrected chi connectivity index (χ4v) is 1.05. The van der Waals surface area contributed by atoms with E-state index in [1.807, 2.05) is 19.9 Å². The molecular weight excluding hydrogens is 220 g/mol. The molecule has 5 nitrogen and oxygen atoms in total. The van der Waals surface area contributed by atoms with Crippen LogP contribution in [0, 0.1) is 0 Å². The minimum Gasteiger partial charge on any atom is -0.354 e. The number of carbonyl (C=O) groups excluding carboxylic acids is 3. The molecule has 0 heterocycles. The molecule has 0 atom stereocenters. The zero-order chi connectivity index (χ0) is 13.3. The molecule has 0 spiro atoms. The summed E-state index contributed by atoms with van der Waals surface area (Å²) in [5.74, 6) is -1.12. The minimum atomic E-state index is -0.591. The average molecular weight is 240 g/mol. The van der Waals surface area contributed by atoms with E-state index in [4.69, 9.17) is 0 Å². The Kier molecular flexibility index (Phi) is 7.67. The fraction of sp³-hybridized carbons (Fsp3) is 0.583. The van der Waals surface area contributed by atoms with Crippen molar-refractivity contribution in [3.8, 4) is 0 Å². The lowest BCUT2D eigenvalue weighted by atomic mass is 10.2. The first-order valence-electron chi connectivity index (χ1n) is 5.70. The van der Waals surface area contributed by atoms with E-state index in [-0.39, 0.29) is 18.9 Å². The molecule has 0 aliphatic rings. The van der Waals surface area contributed by atoms with Gasteiger partial charge in [0.1, 0.15) is 0 Å². The summed E-state index contributed by atoms with van der Waals surface area (Å²) >= 11 is 0. The number of rotatable bonds is 7. The molecule has 0 aliphatic heterocycles. The van der Waals surface area contributed by atoms with Gasteiger partial charge in [-0.05, 0) is 13.8 Å². The van der Waals surface area contributed by atoms with Gasteiger partial charge in [-0.3, -0.25) is 14.4 Å². The minimum absolute atomic E-state index is 0.0864. The Hall–Kier alpha value is -1.65. The van der Waals surface area contributed by atoms with Crippen molar-refractivity contribution >= 4 is 17.6 Å². The third-order valence-corrected chi connectivity index (χ3v) is 2.24. The van der Waals surface area contributed by atoms with Gasteiger partial charge in [0.25, 0.3) is 5.91 Å². The number of Topliss-reactive ketones (excluding diaryl/α,β-unsaturated/α-hetero) is 1. The topological polar surface area (TPSA) is 75.3 Å². The molecule has 0 unspecified atom stereocenters. The van der Waals surface area contributed by atoms with Crippen LogP contribution in [0.4, 0.5) is 0 Å². The standard InChI is InChI=1S/C12H20N2O3/c1-4-9(3)8-11(16)13-6-7-14-12(17)10(15)5-2/h4H,5-8H2,1-3H3,(H,13,16)(H,14,17)/b9-4-. The lowest BCUT2D eigenvalue weighted by Crippen LogP contribution is -2.37. The summed E-state index contributed by atoms with van der Waals surface area (Å²) in [6, 6.07) is 0. The highest BCUT2D eigenvalue weighted by Crippen LogP contribution is 1.97. The molecule has 0 bridgehead atoms. The summed E-state index contributed by atoms with van der Waals surface area (Å²) in [6.07, 6.45) is 2.43. The van der Waals surface area contributed by atoms with Crippen LogP contribution < -0.4 is 10.6 Å². The van der Waals surface area contributed by atoms with Crippen molar-refractivity contribution in [3.05, 3.63) is 11.6 Å². The molecule has 17 heavy (non-hydrogen) atoms. The predicted octanol–water partition coefficient (Wildman–Crippen LogP) is 0.554. The van der Waals surface area contributed by atoms with E-state index < -0.39 is 11.7 Å². The summed E-state index contributed by atoms with van der Waals surface area (Å²) in [5.41, 5.74) is 0.993. The number of carbonyl (C=O) groups is 3. The Bertz CT molecular complexity index is 322. The second-order valence-corrected chi connectivity index (χ2v) is 3.69. The van der Waals surface area contributed by atoms with Gasteiger partial charge < -0.3 is 10.6 Å². The van der Waals surface area contributed by atoms with Crippen LogP contribution in [0.15, 0.2) is 11.6 Å². The highest BCUT2D eigenvalue weighted by Gasteiger charge is 2.09. The second-order valence-electron chi connectivity index (χ2n) is 3.69. The van der Waals surface area contributed by atoms with E-state index in [0.717, 1.165) is 5.57 Å². The third-order valence-electron chi connectivity index (χ3n) is 2.24. The molecule has 2 amide bonds. The van der Waals surface area contributed by atoms with Crippen LogP contribution in [0.5, 0.6) is 0 Å². The van der Waals surface area contributed by atoms with Crippen LogP contribution in [-0.2, 0) is 14.4 Å². The molecule has 0 saturated carbocycles. The van der Waals surface area contributed by atoms with Crippen molar-refractivity contribution in [3.63, 3.8) is 0 Å². The average Bonchev–Trinajstić information content (AvgIpc) is 2.32. The van der Waals surface area contributed by atoms with Crippen molar-refractivity contribution < 1.29 is 14.4 Å². The summed E-state index contributed by atoms with van der Waals surface area (Å²) in [4.78, 5) is 33.3. The normalized spacial score (nSPS) is 10.9. The molecular formula is C12H20N2O3. The summed E-state index contributed by atoms with van der Waals surface area (Å²) in [6.45, 7) is 5.98. The molecule has 0 rings (SSSR count). The van der Waals surface area contributed by atoms with Crippen LogP contribution in [-0.4, -0.2) is 30.7 Å². The van der Waals surface area contributed by atoms with Gasteiger partial charge in [0.2, 0.25) is 11.7 Å². The molecule has 0 radical (unpaired) electrons. The highest BCUT2D eigenvalue weighted by molar-refractivity contribution is 6.36. The first-order chi connectivity index (χ1) is 8.01. The number of hydrogen-bond donors (Lipinski definition) is 2. The van der Waals surface area contributed by atoms with Crippen LogP contribution in [0.1, 0.15) is 33.6 Å². The number of hydrogen-bond acceptors (Lipinski definition) is 3.